The lowest BCUT2D eigenvalue weighted by Crippen LogP contribution is -2.23. The van der Waals surface area contributed by atoms with E-state index >= 15 is 0 Å². The summed E-state index contributed by atoms with van der Waals surface area (Å²) >= 11 is 0. The number of rotatable bonds is 6. The van der Waals surface area contributed by atoms with Crippen LogP contribution in [0.25, 0.3) is 0 Å². The summed E-state index contributed by atoms with van der Waals surface area (Å²) in [5, 5.41) is 20.0. The van der Waals surface area contributed by atoms with Crippen LogP contribution in [0.15, 0.2) is 18.2 Å². The summed E-state index contributed by atoms with van der Waals surface area (Å²) in [6.07, 6.45) is 0.123. The minimum Gasteiger partial charge on any atom is -0.466 e. The number of benzene rings is 1. The van der Waals surface area contributed by atoms with Crippen molar-refractivity contribution in [3.8, 4) is 6.07 Å². The molecule has 0 aliphatic rings. The quantitative estimate of drug-likeness (QED) is 0.447. The van der Waals surface area contributed by atoms with Crippen molar-refractivity contribution in [2.45, 2.75) is 13.3 Å². The van der Waals surface area contributed by atoms with Crippen molar-refractivity contribution in [3.05, 3.63) is 33.9 Å². The summed E-state index contributed by atoms with van der Waals surface area (Å²) < 4.78 is 4.80. The monoisotopic (exact) mass is 277 g/mol. The van der Waals surface area contributed by atoms with Crippen LogP contribution in [0, 0.1) is 21.4 Å². The predicted octanol–water partition coefficient (Wildman–Crippen LogP) is 1.86. The SMILES string of the molecule is CCOC(=O)CCN(C)c1cccc(C#N)c1[N+](=O)[O-]. The average Bonchev–Trinajstić information content (AvgIpc) is 2.43. The van der Waals surface area contributed by atoms with Gasteiger partial charge in [-0.15, -0.1) is 0 Å². The van der Waals surface area contributed by atoms with E-state index in [-0.39, 0.29) is 30.2 Å². The number of hydrogen-bond donors (Lipinski definition) is 0. The second-order valence-corrected chi connectivity index (χ2v) is 4.02. The fourth-order valence-electron chi connectivity index (χ4n) is 1.73. The smallest absolute Gasteiger partial charge is 0.310 e. The van der Waals surface area contributed by atoms with Gasteiger partial charge in [0.1, 0.15) is 17.3 Å². The van der Waals surface area contributed by atoms with Gasteiger partial charge < -0.3 is 9.64 Å². The summed E-state index contributed by atoms with van der Waals surface area (Å²) in [6, 6.07) is 6.30. The fraction of sp³-hybridized carbons (Fsp3) is 0.385. The van der Waals surface area contributed by atoms with E-state index in [0.29, 0.717) is 12.3 Å². The molecule has 0 aliphatic heterocycles. The van der Waals surface area contributed by atoms with Crippen molar-refractivity contribution in [1.29, 1.82) is 5.26 Å². The van der Waals surface area contributed by atoms with E-state index in [0.717, 1.165) is 0 Å². The van der Waals surface area contributed by atoms with Crippen LogP contribution in [0.1, 0.15) is 18.9 Å². The van der Waals surface area contributed by atoms with Gasteiger partial charge in [-0.1, -0.05) is 6.07 Å². The Hall–Kier alpha value is -2.62. The van der Waals surface area contributed by atoms with Gasteiger partial charge in [0.15, 0.2) is 0 Å². The Bertz CT molecular complexity index is 551. The number of carbonyl (C=O) groups excluding carboxylic acids is 1. The van der Waals surface area contributed by atoms with Gasteiger partial charge in [-0.3, -0.25) is 14.9 Å². The van der Waals surface area contributed by atoms with E-state index in [1.807, 2.05) is 0 Å². The zero-order valence-corrected chi connectivity index (χ0v) is 11.3. The third-order valence-corrected chi connectivity index (χ3v) is 2.69. The van der Waals surface area contributed by atoms with Gasteiger partial charge in [0.25, 0.3) is 0 Å². The molecular formula is C13H15N3O4. The maximum Gasteiger partial charge on any atom is 0.310 e. The highest BCUT2D eigenvalue weighted by Gasteiger charge is 2.22. The predicted molar refractivity (Wildman–Crippen MR) is 72.3 cm³/mol. The number of hydrogen-bond acceptors (Lipinski definition) is 6. The Kier molecular flexibility index (Phi) is 5.47. The molecule has 0 amide bonds. The summed E-state index contributed by atoms with van der Waals surface area (Å²) in [5.74, 6) is -0.363. The zero-order chi connectivity index (χ0) is 15.1. The molecule has 20 heavy (non-hydrogen) atoms. The lowest BCUT2D eigenvalue weighted by Gasteiger charge is -2.18. The summed E-state index contributed by atoms with van der Waals surface area (Å²) in [7, 11) is 1.63. The lowest BCUT2D eigenvalue weighted by molar-refractivity contribution is -0.384. The Morgan fingerprint density at radius 3 is 2.80 bits per heavy atom. The van der Waals surface area contributed by atoms with E-state index in [4.69, 9.17) is 10.00 Å². The molecule has 0 saturated heterocycles. The highest BCUT2D eigenvalue weighted by atomic mass is 16.6. The second-order valence-electron chi connectivity index (χ2n) is 4.02. The van der Waals surface area contributed by atoms with E-state index < -0.39 is 4.92 Å². The lowest BCUT2D eigenvalue weighted by atomic mass is 10.1. The van der Waals surface area contributed by atoms with Crippen LogP contribution in [0.2, 0.25) is 0 Å². The van der Waals surface area contributed by atoms with Gasteiger partial charge in [0, 0.05) is 13.6 Å². The molecule has 0 spiro atoms. The van der Waals surface area contributed by atoms with Gasteiger partial charge in [0.2, 0.25) is 0 Å². The highest BCUT2D eigenvalue weighted by molar-refractivity contribution is 5.72. The molecule has 1 rings (SSSR count). The van der Waals surface area contributed by atoms with E-state index in [1.165, 1.54) is 6.07 Å². The first-order chi connectivity index (χ1) is 9.51. The molecule has 0 fully saturated rings. The molecule has 0 atom stereocenters. The molecule has 106 valence electrons. The van der Waals surface area contributed by atoms with Crippen LogP contribution in [0.3, 0.4) is 0 Å². The van der Waals surface area contributed by atoms with Crippen molar-refractivity contribution in [1.82, 2.24) is 0 Å². The first-order valence-electron chi connectivity index (χ1n) is 6.05. The first-order valence-corrected chi connectivity index (χ1v) is 6.05. The third kappa shape index (κ3) is 3.68. The van der Waals surface area contributed by atoms with Crippen molar-refractivity contribution in [2.75, 3.05) is 25.1 Å². The number of para-hydroxylation sites is 1. The molecule has 7 nitrogen and oxygen atoms in total. The molecule has 1 aromatic rings. The van der Waals surface area contributed by atoms with Crippen LogP contribution >= 0.6 is 0 Å². The van der Waals surface area contributed by atoms with E-state index in [9.17, 15) is 14.9 Å². The number of anilines is 1. The second kappa shape index (κ2) is 7.09. The molecule has 0 saturated carbocycles. The number of ether oxygens (including phenoxy) is 1. The molecule has 0 N–H and O–H groups in total. The van der Waals surface area contributed by atoms with Crippen LogP contribution in [0.4, 0.5) is 11.4 Å². The van der Waals surface area contributed by atoms with Crippen LogP contribution < -0.4 is 4.90 Å². The van der Waals surface area contributed by atoms with Crippen LogP contribution in [-0.2, 0) is 9.53 Å². The molecule has 0 aliphatic carbocycles. The number of carbonyl (C=O) groups is 1. The molecule has 0 unspecified atom stereocenters. The van der Waals surface area contributed by atoms with Crippen molar-refractivity contribution >= 4 is 17.3 Å². The molecule has 0 aromatic heterocycles. The third-order valence-electron chi connectivity index (χ3n) is 2.69. The fourth-order valence-corrected chi connectivity index (χ4v) is 1.73. The number of nitro benzene ring substituents is 1. The van der Waals surface area contributed by atoms with Gasteiger partial charge >= 0.3 is 11.7 Å². The molecule has 0 heterocycles. The minimum absolute atomic E-state index is 0.00418. The van der Waals surface area contributed by atoms with Crippen LogP contribution in [-0.4, -0.2) is 31.1 Å². The zero-order valence-electron chi connectivity index (χ0n) is 11.3. The van der Waals surface area contributed by atoms with Gasteiger partial charge in [-0.25, -0.2) is 0 Å². The standard InChI is InChI=1S/C13H15N3O4/c1-3-20-12(17)7-8-15(2)11-6-4-5-10(9-14)13(11)16(18)19/h4-6H,3,7-8H2,1-2H3. The summed E-state index contributed by atoms with van der Waals surface area (Å²) in [4.78, 5) is 23.3. The van der Waals surface area contributed by atoms with Crippen molar-refractivity contribution in [2.24, 2.45) is 0 Å². The first kappa shape index (κ1) is 15.4. The van der Waals surface area contributed by atoms with Crippen molar-refractivity contribution < 1.29 is 14.5 Å². The Morgan fingerprint density at radius 2 is 2.25 bits per heavy atom. The topological polar surface area (TPSA) is 96.5 Å². The largest absolute Gasteiger partial charge is 0.466 e. The minimum atomic E-state index is -0.589. The normalized spacial score (nSPS) is 9.65. The Labute approximate surface area is 116 Å². The molecule has 1 aromatic carbocycles. The molecule has 0 radical (unpaired) electrons. The van der Waals surface area contributed by atoms with E-state index in [1.54, 1.807) is 37.1 Å². The number of nitro groups is 1. The van der Waals surface area contributed by atoms with Crippen molar-refractivity contribution in [3.63, 3.8) is 0 Å². The van der Waals surface area contributed by atoms with E-state index in [2.05, 4.69) is 0 Å². The number of nitrogens with zero attached hydrogens (tertiary/aromatic N) is 3. The Morgan fingerprint density at radius 1 is 1.55 bits per heavy atom. The van der Waals surface area contributed by atoms with Crippen LogP contribution in [0.5, 0.6) is 0 Å². The van der Waals surface area contributed by atoms with Gasteiger partial charge in [-0.05, 0) is 19.1 Å². The number of esters is 1. The molecule has 7 heteroatoms. The summed E-state index contributed by atoms with van der Waals surface area (Å²) in [6.45, 7) is 2.28. The van der Waals surface area contributed by atoms with Gasteiger partial charge in [-0.2, -0.15) is 5.26 Å². The molecular weight excluding hydrogens is 262 g/mol. The van der Waals surface area contributed by atoms with Gasteiger partial charge in [0.05, 0.1) is 18.0 Å². The molecule has 0 bridgehead atoms. The average molecular weight is 277 g/mol. The Balaban J connectivity index is 2.93. The summed E-state index contributed by atoms with van der Waals surface area (Å²) in [5.41, 5.74) is 0.0511. The maximum absolute atomic E-state index is 11.3. The number of nitriles is 1. The maximum atomic E-state index is 11.3. The highest BCUT2D eigenvalue weighted by Crippen LogP contribution is 2.30.